The molecule has 0 bridgehead atoms. The molecule has 0 spiro atoms. The molecule has 2 aliphatic heterocycles. The zero-order chi connectivity index (χ0) is 104. The number of aromatic nitrogens is 3. The number of carbonyl (C=O) groups excluding carboxylic acids is 4. The molecule has 137 heavy (non-hydrogen) atoms. The number of non-ortho nitro benzene ring substituents is 2. The average molecular weight is 1910 g/mol. The van der Waals surface area contributed by atoms with Gasteiger partial charge in [-0.2, -0.15) is 6.42 Å². The smallest absolute Gasteiger partial charge is 0.412 e. The third-order valence-electron chi connectivity index (χ3n) is 22.1. The van der Waals surface area contributed by atoms with Crippen LogP contribution in [0.5, 0.6) is 0 Å². The zero-order valence-electron chi connectivity index (χ0n) is 89.0. The van der Waals surface area contributed by atoms with Gasteiger partial charge in [0.2, 0.25) is 11.9 Å². The van der Waals surface area contributed by atoms with Crippen LogP contribution in [0.2, 0.25) is 0 Å². The van der Waals surface area contributed by atoms with Crippen molar-refractivity contribution in [2.24, 2.45) is 32.5 Å². The fraction of sp³-hybridized carbons (Fsp3) is 0.435. The molecule has 0 fully saturated rings. The van der Waals surface area contributed by atoms with Crippen LogP contribution in [0.15, 0.2) is 218 Å². The predicted molar refractivity (Wildman–Crippen MR) is 584 cm³/mol. The third kappa shape index (κ3) is 45.1. The molecule has 13 N–H and O–H groups in total. The standard InChI is InChI=1S/2C13H18O.C12H16N2O2.C12H14N2O2.C12H16N2.C12H17N.C12H15N.2C7H9N.2C5H9ClO.C4H9.CH4.Li.H2O/c2*1-10-7-5-6-8-11(10)9-12(14)13(2,3)4;2*1-12(2,3)11-6-8-4-5-9(14(15)16)7-10(8)13-11;1-12(2,3)11-6-8-4-5-9(13)7-10(8)14-11;2*1-12(2,3)11-8-9-6-4-5-7-10(9)13-11;2*1-6-4-2-3-5-7(6)8;2*1-5(2,3)4(6)7;1-3-4-2;;;/h2*5-8H,9H2,1-4H3;4-5,7,11,13H,6H2,1-3H3;4-7,13H,1-3H3;4-7,14H,13H2,1-3H3;4-7,11,13H,8H2,1-3H3;4-8,13H,1-3H3;2*2-5H,8H2,1H3;2*1-3H3;1,3-4H2,2H3;1H4;;1H2/q;;;;;;;;;;;-1;;+1;/i/hD. The first-order chi connectivity index (χ1) is 62.6. The molecule has 0 saturated carbocycles. The number of carbonyl (C=O) groups is 4. The minimum absolute atomic E-state index is 0. The minimum Gasteiger partial charge on any atom is -0.412 e. The van der Waals surface area contributed by atoms with Gasteiger partial charge in [-0.05, 0) is 191 Å². The van der Waals surface area contributed by atoms with Gasteiger partial charge < -0.3 is 55.2 Å². The maximum absolute atomic E-state index is 11.8. The number of H-pyrrole nitrogens is 3. The number of unbranched alkanes of at least 4 members (excludes halogenated alkanes) is 1. The first kappa shape index (κ1) is 124. The molecule has 9 aromatic carbocycles. The second-order valence-electron chi connectivity index (χ2n) is 43.7. The van der Waals surface area contributed by atoms with Gasteiger partial charge in [0, 0.05) is 149 Å². The van der Waals surface area contributed by atoms with Crippen LogP contribution in [-0.4, -0.2) is 64.4 Å². The number of aryl methyl sites for hydroxylation is 4. The van der Waals surface area contributed by atoms with E-state index in [1.807, 2.05) is 191 Å². The number of rotatable bonds is 7. The van der Waals surface area contributed by atoms with Crippen LogP contribution in [-0.2, 0) is 61.1 Å². The molecular weight excluding hydrogens is 1740 g/mol. The summed E-state index contributed by atoms with van der Waals surface area (Å²) in [6.07, 6.45) is 5.49. The second-order valence-corrected chi connectivity index (χ2v) is 44.4. The number of nitro groups is 2. The minimum atomic E-state index is -0.378. The van der Waals surface area contributed by atoms with Crippen LogP contribution in [0.3, 0.4) is 0 Å². The van der Waals surface area contributed by atoms with E-state index in [0.717, 1.165) is 80.0 Å². The van der Waals surface area contributed by atoms with E-state index in [4.69, 9.17) is 47.3 Å². The number of nitro benzene ring substituents is 2. The SMILES string of the molecule is C.CC(C)(C)C(=O)Cl.CC(C)(C)C(=O)Cl.CC(C)(C)C1Cc2ccc([N+](=O)[O-])cc2N1.CC(C)(C)C1Cc2ccccc2N1.CC(C)(C)c1cc2ccc(N)cc2[nH]1.CC(C)(C)c1cc2ccc([N+](=O)[O-])cc2[nH]1.CC(C)(C)c1cc2ccccc2[nH]1.Cc1ccccc1CC(=O)C(C)(C)C.Cc1ccccc1CC(=O)C(C)(C)C.Cc1ccccc1N.Cc1ccccc1N.[2H]O.[CH2-]CCC.[Li+]. The number of aromatic amines is 3. The Morgan fingerprint density at radius 1 is 0.401 bits per heavy atom. The van der Waals surface area contributed by atoms with Crippen molar-refractivity contribution in [3.8, 4) is 0 Å². The van der Waals surface area contributed by atoms with E-state index in [1.54, 1.807) is 65.8 Å². The van der Waals surface area contributed by atoms with Crippen LogP contribution >= 0.6 is 23.2 Å². The van der Waals surface area contributed by atoms with Gasteiger partial charge in [-0.3, -0.25) is 39.4 Å². The van der Waals surface area contributed by atoms with Gasteiger partial charge in [-0.1, -0.05) is 341 Å². The Kier molecular flexibility index (Phi) is 50.5. The second kappa shape index (κ2) is 55.7. The Morgan fingerprint density at radius 2 is 0.701 bits per heavy atom. The van der Waals surface area contributed by atoms with Crippen molar-refractivity contribution in [2.75, 3.05) is 27.8 Å². The van der Waals surface area contributed by atoms with Gasteiger partial charge in [-0.15, -0.1) is 0 Å². The molecule has 12 aromatic rings. The Balaban J connectivity index is 0.00000150. The summed E-state index contributed by atoms with van der Waals surface area (Å²) in [5.74, 6) is 0.596. The summed E-state index contributed by atoms with van der Waals surface area (Å²) in [6.45, 7) is 69.2. The molecule has 5 heterocycles. The molecule has 2 unspecified atom stereocenters. The summed E-state index contributed by atoms with van der Waals surface area (Å²) in [5.41, 5.74) is 44.2. The molecule has 0 saturated heterocycles. The summed E-state index contributed by atoms with van der Waals surface area (Å²) < 4.78 is 4.75. The van der Waals surface area contributed by atoms with Crippen LogP contribution in [0.25, 0.3) is 32.7 Å². The number of nitrogen functional groups attached to an aromatic ring is 3. The van der Waals surface area contributed by atoms with E-state index in [2.05, 4.69) is 210 Å². The first-order valence-corrected chi connectivity index (χ1v) is 47.0. The Bertz CT molecular complexity index is 5530. The van der Waals surface area contributed by atoms with Crippen LogP contribution in [0.1, 0.15) is 277 Å². The number of benzene rings is 9. The van der Waals surface area contributed by atoms with Gasteiger partial charge >= 0.3 is 18.9 Å². The topological polar surface area (TPSA) is 336 Å². The van der Waals surface area contributed by atoms with E-state index < -0.39 is 0 Å². The molecule has 19 nitrogen and oxygen atoms in total. The van der Waals surface area contributed by atoms with Crippen molar-refractivity contribution in [3.05, 3.63) is 307 Å². The number of ketones is 2. The number of fused-ring (bicyclic) bond motifs is 5. The van der Waals surface area contributed by atoms with E-state index in [-0.39, 0.29) is 101 Å². The molecule has 22 heteroatoms. The monoisotopic (exact) mass is 1910 g/mol. The Morgan fingerprint density at radius 3 is 1.02 bits per heavy atom. The number of nitrogens with zero attached hydrogens (tertiary/aromatic N) is 2. The Hall–Kier alpha value is -10.8. The van der Waals surface area contributed by atoms with Crippen molar-refractivity contribution in [1.82, 2.24) is 15.0 Å². The maximum atomic E-state index is 11.8. The molecule has 14 rings (SSSR count). The number of Topliss-reactive ketones (excluding diaryl/α,β-unsaturated/α-hetero) is 2. The van der Waals surface area contributed by atoms with Crippen LogP contribution < -0.4 is 46.7 Å². The van der Waals surface area contributed by atoms with Gasteiger partial charge in [0.15, 0.2) is 0 Å². The van der Waals surface area contributed by atoms with E-state index in [0.29, 0.717) is 41.9 Å². The summed E-state index contributed by atoms with van der Waals surface area (Å²) in [5, 5.41) is 31.2. The fourth-order valence-electron chi connectivity index (χ4n) is 12.1. The normalized spacial score (nSPS) is 12.9. The quantitative estimate of drug-likeness (QED) is 0.0184. The Labute approximate surface area is 845 Å². The van der Waals surface area contributed by atoms with Gasteiger partial charge in [0.25, 0.3) is 11.4 Å². The maximum Gasteiger partial charge on any atom is 1.00 e. The molecule has 2 atom stereocenters. The molecule has 0 aliphatic carbocycles. The fourth-order valence-corrected chi connectivity index (χ4v) is 12.1. The van der Waals surface area contributed by atoms with Crippen molar-refractivity contribution in [2.45, 2.75) is 296 Å². The number of hydrogen-bond acceptors (Lipinski definition) is 13. The van der Waals surface area contributed by atoms with E-state index in [9.17, 15) is 39.4 Å². The van der Waals surface area contributed by atoms with Crippen molar-refractivity contribution < 1.29 is 54.8 Å². The van der Waals surface area contributed by atoms with Crippen molar-refractivity contribution in [1.29, 1.82) is 0 Å². The van der Waals surface area contributed by atoms with E-state index in [1.165, 1.54) is 74.5 Å². The summed E-state index contributed by atoms with van der Waals surface area (Å²) in [6, 6.07) is 72.0. The number of halogens is 2. The zero-order valence-corrected chi connectivity index (χ0v) is 89.5. The predicted octanol–water partition coefficient (Wildman–Crippen LogP) is 27.4. The van der Waals surface area contributed by atoms with Crippen molar-refractivity contribution >= 4 is 118 Å². The van der Waals surface area contributed by atoms with Gasteiger partial charge in [0.05, 0.1) is 15.4 Å². The number of para-hydroxylation sites is 4. The number of anilines is 5. The van der Waals surface area contributed by atoms with Crippen LogP contribution in [0.4, 0.5) is 39.8 Å². The summed E-state index contributed by atoms with van der Waals surface area (Å²) in [4.78, 5) is 74.7. The molecule has 0 radical (unpaired) electrons. The van der Waals surface area contributed by atoms with Crippen LogP contribution in [0, 0.1) is 87.3 Å². The third-order valence-corrected chi connectivity index (χ3v) is 23.3. The summed E-state index contributed by atoms with van der Waals surface area (Å²) in [7, 11) is 0. The number of nitrogens with two attached hydrogens (primary N) is 3. The summed E-state index contributed by atoms with van der Waals surface area (Å²) >= 11 is 10.2. The number of nitrogens with one attached hydrogen (secondary N) is 5. The molecule has 2 aliphatic rings. The first-order valence-electron chi connectivity index (χ1n) is 46.6. The van der Waals surface area contributed by atoms with Crippen molar-refractivity contribution in [3.63, 3.8) is 0 Å². The average Bonchev–Trinajstić information content (AvgIpc) is 1.67. The van der Waals surface area contributed by atoms with Gasteiger partial charge in [0.1, 0.15) is 11.6 Å². The molecule has 744 valence electrons. The van der Waals surface area contributed by atoms with E-state index >= 15 is 0 Å². The van der Waals surface area contributed by atoms with Gasteiger partial charge in [-0.25, -0.2) is 0 Å². The molecule has 0 amide bonds. The molecular formula is C115H165Cl2LiN10O9. The number of hydrogen-bond donors (Lipinski definition) is 8. The molecule has 3 aromatic heterocycles. The largest absolute Gasteiger partial charge is 1.00 e.